The van der Waals surface area contributed by atoms with Gasteiger partial charge in [-0.05, 0) is 32.4 Å². The van der Waals surface area contributed by atoms with Gasteiger partial charge in [0.1, 0.15) is 0 Å². The molecule has 18 heavy (non-hydrogen) atoms. The van der Waals surface area contributed by atoms with Gasteiger partial charge in [-0.1, -0.05) is 13.8 Å². The van der Waals surface area contributed by atoms with Gasteiger partial charge in [-0.3, -0.25) is 4.79 Å². The number of hydrogen-bond donors (Lipinski definition) is 1. The Bertz CT molecular complexity index is 272. The standard InChI is InChI=1S/C14H27N3O/c1-12(2)15-13-5-8-16(9-6-13)10-11-17-7-3-4-14(17)18/h12-13,15H,3-11H2,1-2H3. The molecule has 2 heterocycles. The van der Waals surface area contributed by atoms with Crippen molar-refractivity contribution in [2.45, 2.75) is 51.6 Å². The molecular formula is C14H27N3O. The number of amides is 1. The summed E-state index contributed by atoms with van der Waals surface area (Å²) in [6.45, 7) is 9.74. The zero-order valence-electron chi connectivity index (χ0n) is 11.8. The second kappa shape index (κ2) is 6.53. The van der Waals surface area contributed by atoms with Crippen molar-refractivity contribution in [2.75, 3.05) is 32.7 Å². The lowest BCUT2D eigenvalue weighted by Gasteiger charge is -2.34. The van der Waals surface area contributed by atoms with Crippen molar-refractivity contribution in [3.05, 3.63) is 0 Å². The lowest BCUT2D eigenvalue weighted by Crippen LogP contribution is -2.46. The first kappa shape index (κ1) is 13.8. The summed E-state index contributed by atoms with van der Waals surface area (Å²) in [6, 6.07) is 1.28. The van der Waals surface area contributed by atoms with E-state index in [1.807, 2.05) is 4.90 Å². The molecule has 2 aliphatic heterocycles. The SMILES string of the molecule is CC(C)NC1CCN(CCN2CCCC2=O)CC1. The van der Waals surface area contributed by atoms with E-state index in [9.17, 15) is 4.79 Å². The van der Waals surface area contributed by atoms with Crippen LogP contribution in [0.3, 0.4) is 0 Å². The molecule has 1 amide bonds. The van der Waals surface area contributed by atoms with E-state index in [0.29, 0.717) is 18.0 Å². The molecule has 0 radical (unpaired) electrons. The summed E-state index contributed by atoms with van der Waals surface area (Å²) in [6.07, 6.45) is 4.30. The molecule has 1 N–H and O–H groups in total. The molecule has 0 aromatic carbocycles. The van der Waals surface area contributed by atoms with Crippen molar-refractivity contribution in [1.82, 2.24) is 15.1 Å². The third kappa shape index (κ3) is 3.95. The Morgan fingerprint density at radius 2 is 1.94 bits per heavy atom. The Labute approximate surface area is 111 Å². The first-order chi connectivity index (χ1) is 8.65. The number of carbonyl (C=O) groups excluding carboxylic acids is 1. The van der Waals surface area contributed by atoms with Crippen LogP contribution in [0.1, 0.15) is 39.5 Å². The maximum absolute atomic E-state index is 11.5. The number of hydrogen-bond acceptors (Lipinski definition) is 3. The van der Waals surface area contributed by atoms with Crippen LogP contribution in [0.15, 0.2) is 0 Å². The topological polar surface area (TPSA) is 35.6 Å². The van der Waals surface area contributed by atoms with Gasteiger partial charge >= 0.3 is 0 Å². The van der Waals surface area contributed by atoms with E-state index in [2.05, 4.69) is 24.1 Å². The molecule has 2 rings (SSSR count). The van der Waals surface area contributed by atoms with Crippen LogP contribution in [0, 0.1) is 0 Å². The van der Waals surface area contributed by atoms with Crippen LogP contribution in [-0.2, 0) is 4.79 Å². The minimum absolute atomic E-state index is 0.353. The monoisotopic (exact) mass is 253 g/mol. The van der Waals surface area contributed by atoms with Gasteiger partial charge in [0.25, 0.3) is 0 Å². The Morgan fingerprint density at radius 3 is 2.50 bits per heavy atom. The summed E-state index contributed by atoms with van der Waals surface area (Å²) >= 11 is 0. The predicted molar refractivity (Wildman–Crippen MR) is 73.5 cm³/mol. The number of likely N-dealkylation sites (tertiary alicyclic amines) is 2. The molecule has 0 spiro atoms. The van der Waals surface area contributed by atoms with Crippen LogP contribution in [0.5, 0.6) is 0 Å². The van der Waals surface area contributed by atoms with E-state index >= 15 is 0 Å². The maximum atomic E-state index is 11.5. The lowest BCUT2D eigenvalue weighted by molar-refractivity contribution is -0.127. The Kier molecular flexibility index (Phi) is 5.01. The van der Waals surface area contributed by atoms with Crippen molar-refractivity contribution in [2.24, 2.45) is 0 Å². The van der Waals surface area contributed by atoms with Crippen molar-refractivity contribution in [3.8, 4) is 0 Å². The van der Waals surface area contributed by atoms with Crippen LogP contribution in [-0.4, -0.2) is 60.5 Å². The fourth-order valence-electron chi connectivity index (χ4n) is 3.00. The van der Waals surface area contributed by atoms with Gasteiger partial charge in [0.05, 0.1) is 0 Å². The van der Waals surface area contributed by atoms with E-state index in [0.717, 1.165) is 32.5 Å². The highest BCUT2D eigenvalue weighted by Gasteiger charge is 2.23. The minimum atomic E-state index is 0.353. The van der Waals surface area contributed by atoms with Gasteiger partial charge in [0.2, 0.25) is 5.91 Å². The molecule has 0 aromatic heterocycles. The number of nitrogens with one attached hydrogen (secondary N) is 1. The van der Waals surface area contributed by atoms with Crippen LogP contribution in [0.2, 0.25) is 0 Å². The molecule has 0 aliphatic carbocycles. The van der Waals surface area contributed by atoms with Gasteiger partial charge in [-0.2, -0.15) is 0 Å². The van der Waals surface area contributed by atoms with E-state index in [4.69, 9.17) is 0 Å². The molecular weight excluding hydrogens is 226 g/mol. The molecule has 2 aliphatic rings. The van der Waals surface area contributed by atoms with E-state index in [1.54, 1.807) is 0 Å². The number of piperidine rings is 1. The zero-order valence-corrected chi connectivity index (χ0v) is 11.8. The lowest BCUT2D eigenvalue weighted by atomic mass is 10.0. The molecule has 4 heteroatoms. The van der Waals surface area contributed by atoms with Crippen LogP contribution < -0.4 is 5.32 Å². The molecule has 0 bridgehead atoms. The summed E-state index contributed by atoms with van der Waals surface area (Å²) in [5.74, 6) is 0.353. The largest absolute Gasteiger partial charge is 0.341 e. The number of nitrogens with zero attached hydrogens (tertiary/aromatic N) is 2. The quantitative estimate of drug-likeness (QED) is 0.796. The normalized spacial score (nSPS) is 23.3. The molecule has 4 nitrogen and oxygen atoms in total. The van der Waals surface area contributed by atoms with Gasteiger partial charge in [0.15, 0.2) is 0 Å². The first-order valence-corrected chi connectivity index (χ1v) is 7.41. The average Bonchev–Trinajstić information content (AvgIpc) is 2.73. The average molecular weight is 253 g/mol. The molecule has 0 unspecified atom stereocenters. The molecule has 104 valence electrons. The van der Waals surface area contributed by atoms with Gasteiger partial charge in [0, 0.05) is 38.1 Å². The number of carbonyl (C=O) groups is 1. The van der Waals surface area contributed by atoms with E-state index in [-0.39, 0.29) is 0 Å². The summed E-state index contributed by atoms with van der Waals surface area (Å²) < 4.78 is 0. The fourth-order valence-corrected chi connectivity index (χ4v) is 3.00. The smallest absolute Gasteiger partial charge is 0.222 e. The first-order valence-electron chi connectivity index (χ1n) is 7.41. The van der Waals surface area contributed by atoms with Gasteiger partial charge in [-0.25, -0.2) is 0 Å². The van der Waals surface area contributed by atoms with Crippen LogP contribution in [0.4, 0.5) is 0 Å². The van der Waals surface area contributed by atoms with Crippen LogP contribution >= 0.6 is 0 Å². The van der Waals surface area contributed by atoms with Crippen molar-refractivity contribution in [3.63, 3.8) is 0 Å². The summed E-state index contributed by atoms with van der Waals surface area (Å²) in [5.41, 5.74) is 0. The predicted octanol–water partition coefficient (Wildman–Crippen LogP) is 1.07. The second-order valence-corrected chi connectivity index (χ2v) is 5.92. The van der Waals surface area contributed by atoms with Crippen molar-refractivity contribution >= 4 is 5.91 Å². The number of rotatable bonds is 5. The maximum Gasteiger partial charge on any atom is 0.222 e. The third-order valence-electron chi connectivity index (χ3n) is 4.01. The van der Waals surface area contributed by atoms with E-state index < -0.39 is 0 Å². The minimum Gasteiger partial charge on any atom is -0.341 e. The van der Waals surface area contributed by atoms with Gasteiger partial charge < -0.3 is 15.1 Å². The molecule has 2 fully saturated rings. The summed E-state index contributed by atoms with van der Waals surface area (Å²) in [4.78, 5) is 16.0. The van der Waals surface area contributed by atoms with Gasteiger partial charge in [-0.15, -0.1) is 0 Å². The summed E-state index contributed by atoms with van der Waals surface area (Å²) in [7, 11) is 0. The second-order valence-electron chi connectivity index (χ2n) is 5.92. The molecule has 2 saturated heterocycles. The highest BCUT2D eigenvalue weighted by molar-refractivity contribution is 5.78. The van der Waals surface area contributed by atoms with Crippen molar-refractivity contribution in [1.29, 1.82) is 0 Å². The third-order valence-corrected chi connectivity index (χ3v) is 4.01. The van der Waals surface area contributed by atoms with Crippen LogP contribution in [0.25, 0.3) is 0 Å². The van der Waals surface area contributed by atoms with Crippen molar-refractivity contribution < 1.29 is 4.79 Å². The zero-order chi connectivity index (χ0) is 13.0. The Hall–Kier alpha value is -0.610. The van der Waals surface area contributed by atoms with E-state index in [1.165, 1.54) is 25.9 Å². The molecule has 0 atom stereocenters. The Balaban J connectivity index is 1.63. The molecule has 0 saturated carbocycles. The highest BCUT2D eigenvalue weighted by Crippen LogP contribution is 2.13. The summed E-state index contributed by atoms with van der Waals surface area (Å²) in [5, 5.41) is 3.62. The Morgan fingerprint density at radius 1 is 1.22 bits per heavy atom. The highest BCUT2D eigenvalue weighted by atomic mass is 16.2. The fraction of sp³-hybridized carbons (Fsp3) is 0.929. The molecule has 0 aromatic rings.